The van der Waals surface area contributed by atoms with Crippen LogP contribution in [-0.2, 0) is 0 Å². The lowest BCUT2D eigenvalue weighted by molar-refractivity contribution is 0.620. The van der Waals surface area contributed by atoms with Crippen LogP contribution in [0.1, 0.15) is 0 Å². The lowest BCUT2D eigenvalue weighted by Crippen LogP contribution is -1.96. The minimum atomic E-state index is 0.566. The Morgan fingerprint density at radius 2 is 1.39 bits per heavy atom. The number of hydrogen-bond acceptors (Lipinski definition) is 5. The van der Waals surface area contributed by atoms with Gasteiger partial charge in [0.05, 0.1) is 28.1 Å². The lowest BCUT2D eigenvalue weighted by Gasteiger charge is -2.11. The molecular formula is C36H23N7O. The third kappa shape index (κ3) is 3.93. The van der Waals surface area contributed by atoms with E-state index in [1.54, 1.807) is 12.4 Å². The maximum absolute atomic E-state index is 6.27. The van der Waals surface area contributed by atoms with Gasteiger partial charge in [0.1, 0.15) is 5.52 Å². The van der Waals surface area contributed by atoms with E-state index in [1.165, 1.54) is 0 Å². The first-order chi connectivity index (χ1) is 21.8. The van der Waals surface area contributed by atoms with Gasteiger partial charge >= 0.3 is 0 Å². The number of fused-ring (bicyclic) bond motifs is 4. The molecule has 44 heavy (non-hydrogen) atoms. The van der Waals surface area contributed by atoms with Gasteiger partial charge in [-0.05, 0) is 84.9 Å². The van der Waals surface area contributed by atoms with Crippen molar-refractivity contribution in [2.45, 2.75) is 0 Å². The number of benzene rings is 4. The average molecular weight is 570 g/mol. The molecule has 8 nitrogen and oxygen atoms in total. The molecule has 0 spiro atoms. The normalized spacial score (nSPS) is 11.6. The van der Waals surface area contributed by atoms with Gasteiger partial charge in [-0.1, -0.05) is 24.3 Å². The number of rotatable bonds is 5. The number of pyridine rings is 1. The molecule has 0 N–H and O–H groups in total. The van der Waals surface area contributed by atoms with Crippen LogP contribution in [0.25, 0.3) is 72.7 Å². The topological polar surface area (TPSA) is 79.5 Å². The predicted octanol–water partition coefficient (Wildman–Crippen LogP) is 8.03. The second kappa shape index (κ2) is 9.64. The highest BCUT2D eigenvalue weighted by atomic mass is 16.3. The van der Waals surface area contributed by atoms with Crippen LogP contribution in [0.4, 0.5) is 0 Å². The van der Waals surface area contributed by atoms with Gasteiger partial charge in [0, 0.05) is 58.6 Å². The molecule has 0 saturated carbocycles. The van der Waals surface area contributed by atoms with Crippen LogP contribution in [0.2, 0.25) is 0 Å². The van der Waals surface area contributed by atoms with Crippen LogP contribution < -0.4 is 0 Å². The minimum Gasteiger partial charge on any atom is -0.436 e. The van der Waals surface area contributed by atoms with Crippen molar-refractivity contribution >= 4 is 32.9 Å². The molecule has 0 aliphatic rings. The molecule has 5 heterocycles. The molecule has 0 fully saturated rings. The Labute approximate surface area is 251 Å². The highest BCUT2D eigenvalue weighted by Gasteiger charge is 2.17. The number of oxazole rings is 1. The molecule has 9 rings (SSSR count). The van der Waals surface area contributed by atoms with Crippen LogP contribution >= 0.6 is 0 Å². The van der Waals surface area contributed by atoms with Crippen molar-refractivity contribution in [2.75, 3.05) is 0 Å². The summed E-state index contributed by atoms with van der Waals surface area (Å²) in [5.41, 5.74) is 9.49. The summed E-state index contributed by atoms with van der Waals surface area (Å²) in [6, 6.07) is 37.1. The fourth-order valence-corrected chi connectivity index (χ4v) is 5.93. The molecule has 5 aromatic heterocycles. The Morgan fingerprint density at radius 3 is 2.18 bits per heavy atom. The van der Waals surface area contributed by atoms with Crippen LogP contribution in [0, 0.1) is 0 Å². The van der Waals surface area contributed by atoms with Crippen molar-refractivity contribution in [3.05, 3.63) is 140 Å². The van der Waals surface area contributed by atoms with E-state index in [0.717, 1.165) is 66.8 Å². The average Bonchev–Trinajstić information content (AvgIpc) is 3.90. The zero-order valence-corrected chi connectivity index (χ0v) is 23.3. The second-order valence-electron chi connectivity index (χ2n) is 10.6. The molecule has 0 unspecified atom stereocenters. The molecule has 8 heteroatoms. The summed E-state index contributed by atoms with van der Waals surface area (Å²) in [6.07, 6.45) is 9.25. The highest BCUT2D eigenvalue weighted by Crippen LogP contribution is 2.37. The molecule has 0 radical (unpaired) electrons. The van der Waals surface area contributed by atoms with E-state index in [9.17, 15) is 0 Å². The Balaban J connectivity index is 1.25. The Bertz CT molecular complexity index is 2440. The molecule has 208 valence electrons. The molecule has 4 aromatic carbocycles. The van der Waals surface area contributed by atoms with Crippen LogP contribution in [-0.4, -0.2) is 34.1 Å². The van der Waals surface area contributed by atoms with Crippen molar-refractivity contribution in [3.63, 3.8) is 0 Å². The third-order valence-electron chi connectivity index (χ3n) is 7.97. The lowest BCUT2D eigenvalue weighted by atomic mass is 10.1. The van der Waals surface area contributed by atoms with E-state index in [1.807, 2.05) is 76.5 Å². The first-order valence-electron chi connectivity index (χ1n) is 14.3. The molecule has 0 saturated heterocycles. The number of nitrogens with zero attached hydrogens (tertiary/aromatic N) is 7. The van der Waals surface area contributed by atoms with E-state index >= 15 is 0 Å². The summed E-state index contributed by atoms with van der Waals surface area (Å²) in [5.74, 6) is 0.566. The van der Waals surface area contributed by atoms with E-state index in [2.05, 4.69) is 80.4 Å². The van der Waals surface area contributed by atoms with Crippen LogP contribution in [0.3, 0.4) is 0 Å². The van der Waals surface area contributed by atoms with Gasteiger partial charge < -0.3 is 8.98 Å². The Kier molecular flexibility index (Phi) is 5.33. The first-order valence-corrected chi connectivity index (χ1v) is 14.3. The second-order valence-corrected chi connectivity index (χ2v) is 10.6. The largest absolute Gasteiger partial charge is 0.436 e. The van der Waals surface area contributed by atoms with Crippen molar-refractivity contribution in [2.24, 2.45) is 0 Å². The van der Waals surface area contributed by atoms with E-state index in [-0.39, 0.29) is 0 Å². The van der Waals surface area contributed by atoms with Gasteiger partial charge in [0.25, 0.3) is 0 Å². The first kappa shape index (κ1) is 24.3. The third-order valence-corrected chi connectivity index (χ3v) is 7.97. The molecule has 0 bridgehead atoms. The minimum absolute atomic E-state index is 0.566. The SMILES string of the molecule is c1ccc(-c2cccc(-n3c4ccc(-n5cccn5)cc4c4ccc(-c5nc6cc(-n7cccn7)ccc6o5)cc43)c2)nc1. The summed E-state index contributed by atoms with van der Waals surface area (Å²) < 4.78 is 12.3. The molecule has 0 aliphatic carbocycles. The van der Waals surface area contributed by atoms with Gasteiger partial charge in [-0.3, -0.25) is 4.98 Å². The summed E-state index contributed by atoms with van der Waals surface area (Å²) >= 11 is 0. The van der Waals surface area contributed by atoms with Crippen molar-refractivity contribution < 1.29 is 4.42 Å². The number of hydrogen-bond donors (Lipinski definition) is 0. The van der Waals surface area contributed by atoms with Gasteiger partial charge in [0.15, 0.2) is 5.58 Å². The van der Waals surface area contributed by atoms with E-state index in [4.69, 9.17) is 9.40 Å². The molecular weight excluding hydrogens is 546 g/mol. The van der Waals surface area contributed by atoms with Crippen LogP contribution in [0.15, 0.2) is 145 Å². The standard InChI is InChI=1S/C36H23N7O/c1-2-15-37-31(8-1)24-6-3-7-28(20-24)43-33-13-10-26(41-18-4-16-38-41)22-30(33)29-12-9-25(21-34(29)43)36-40-32-23-27(11-14-35(32)44-36)42-19-5-17-39-42/h1-23H. The van der Waals surface area contributed by atoms with Crippen molar-refractivity contribution in [1.82, 2.24) is 34.1 Å². The fraction of sp³-hybridized carbons (Fsp3) is 0. The quantitative estimate of drug-likeness (QED) is 0.210. The molecule has 0 aliphatic heterocycles. The van der Waals surface area contributed by atoms with E-state index < -0.39 is 0 Å². The van der Waals surface area contributed by atoms with Crippen molar-refractivity contribution in [3.8, 4) is 39.8 Å². The van der Waals surface area contributed by atoms with E-state index in [0.29, 0.717) is 5.89 Å². The summed E-state index contributed by atoms with van der Waals surface area (Å²) in [5, 5.41) is 11.1. The smallest absolute Gasteiger partial charge is 0.227 e. The maximum Gasteiger partial charge on any atom is 0.227 e. The zero-order valence-electron chi connectivity index (χ0n) is 23.3. The van der Waals surface area contributed by atoms with Gasteiger partial charge in [-0.25, -0.2) is 14.3 Å². The van der Waals surface area contributed by atoms with Gasteiger partial charge in [-0.15, -0.1) is 0 Å². The molecule has 0 amide bonds. The Morgan fingerprint density at radius 1 is 0.545 bits per heavy atom. The fourth-order valence-electron chi connectivity index (χ4n) is 5.93. The molecule has 9 aromatic rings. The predicted molar refractivity (Wildman–Crippen MR) is 171 cm³/mol. The monoisotopic (exact) mass is 569 g/mol. The summed E-state index contributed by atoms with van der Waals surface area (Å²) in [7, 11) is 0. The zero-order chi connectivity index (χ0) is 29.0. The Hall–Kier alpha value is -6.28. The van der Waals surface area contributed by atoms with Crippen LogP contribution in [0.5, 0.6) is 0 Å². The highest BCUT2D eigenvalue weighted by molar-refractivity contribution is 6.10. The van der Waals surface area contributed by atoms with Crippen molar-refractivity contribution in [1.29, 1.82) is 0 Å². The number of aromatic nitrogens is 7. The summed E-state index contributed by atoms with van der Waals surface area (Å²) in [4.78, 5) is 9.47. The van der Waals surface area contributed by atoms with Gasteiger partial charge in [-0.2, -0.15) is 10.2 Å². The summed E-state index contributed by atoms with van der Waals surface area (Å²) in [6.45, 7) is 0. The maximum atomic E-state index is 6.27. The molecule has 0 atom stereocenters. The van der Waals surface area contributed by atoms with Gasteiger partial charge in [0.2, 0.25) is 5.89 Å².